The van der Waals surface area contributed by atoms with Crippen LogP contribution in [0.1, 0.15) is 5.56 Å². The van der Waals surface area contributed by atoms with Crippen LogP contribution in [-0.4, -0.2) is 79.0 Å². The number of hydrogen-bond donors (Lipinski definition) is 1. The van der Waals surface area contributed by atoms with E-state index in [1.54, 1.807) is 22.9 Å². The average Bonchev–Trinajstić information content (AvgIpc) is 3.38. The van der Waals surface area contributed by atoms with E-state index in [0.717, 1.165) is 16.8 Å². The van der Waals surface area contributed by atoms with Crippen LogP contribution in [0.5, 0.6) is 17.2 Å². The fourth-order valence-electron chi connectivity index (χ4n) is 4.79. The summed E-state index contributed by atoms with van der Waals surface area (Å²) >= 11 is 0. The number of ether oxygens (including phenoxy) is 2. The number of hydrogen-bond acceptors (Lipinski definition) is 11. The molecule has 4 heterocycles. The quantitative estimate of drug-likeness (QED) is 0.298. The average molecular weight is 553 g/mol. The minimum atomic E-state index is -0.0676. The third kappa shape index (κ3) is 5.04. The number of piperazine rings is 1. The summed E-state index contributed by atoms with van der Waals surface area (Å²) in [5, 5.41) is 11.6. The highest BCUT2D eigenvalue weighted by Crippen LogP contribution is 2.34. The maximum absolute atomic E-state index is 11.9. The van der Waals surface area contributed by atoms with E-state index in [9.17, 15) is 4.79 Å². The van der Waals surface area contributed by atoms with Gasteiger partial charge >= 0.3 is 0 Å². The van der Waals surface area contributed by atoms with Crippen molar-refractivity contribution in [3.8, 4) is 17.2 Å². The Morgan fingerprint density at radius 2 is 1.88 bits per heavy atom. The summed E-state index contributed by atoms with van der Waals surface area (Å²) < 4.78 is 13.4. The molecule has 2 aromatic carbocycles. The van der Waals surface area contributed by atoms with Crippen LogP contribution >= 0.6 is 0 Å². The Morgan fingerprint density at radius 1 is 1.05 bits per heavy atom. The molecule has 1 saturated heterocycles. The molecule has 5 aromatic rings. The van der Waals surface area contributed by atoms with Crippen molar-refractivity contribution in [3.63, 3.8) is 0 Å². The number of nitrogens with zero attached hydrogens (tertiary/aromatic N) is 9. The van der Waals surface area contributed by atoms with Crippen LogP contribution in [0, 0.1) is 6.92 Å². The Bertz CT molecular complexity index is 1780. The second-order valence-corrected chi connectivity index (χ2v) is 9.56. The summed E-state index contributed by atoms with van der Waals surface area (Å²) in [6.07, 6.45) is 4.51. The molecule has 13 nitrogen and oxygen atoms in total. The van der Waals surface area contributed by atoms with Crippen molar-refractivity contribution in [2.45, 2.75) is 6.92 Å². The highest BCUT2D eigenvalue weighted by Gasteiger charge is 2.22. The van der Waals surface area contributed by atoms with Crippen LogP contribution in [0.2, 0.25) is 0 Å². The lowest BCUT2D eigenvalue weighted by Crippen LogP contribution is -2.48. The second-order valence-electron chi connectivity index (χ2n) is 9.56. The molecule has 1 aliphatic rings. The van der Waals surface area contributed by atoms with Gasteiger partial charge in [-0.15, -0.1) is 5.10 Å². The van der Waals surface area contributed by atoms with Crippen molar-refractivity contribution < 1.29 is 14.3 Å². The Balaban J connectivity index is 1.22. The van der Waals surface area contributed by atoms with Crippen LogP contribution in [-0.2, 0) is 11.8 Å². The number of aryl methyl sites for hydroxylation is 2. The predicted molar refractivity (Wildman–Crippen MR) is 154 cm³/mol. The summed E-state index contributed by atoms with van der Waals surface area (Å²) in [6.45, 7) is 7.94. The van der Waals surface area contributed by atoms with Gasteiger partial charge in [-0.1, -0.05) is 11.8 Å². The van der Waals surface area contributed by atoms with E-state index in [0.29, 0.717) is 71.7 Å². The van der Waals surface area contributed by atoms with Gasteiger partial charge < -0.3 is 24.6 Å². The number of benzene rings is 2. The zero-order valence-corrected chi connectivity index (χ0v) is 22.9. The molecule has 1 N–H and O–H groups in total. The molecular weight excluding hydrogens is 524 g/mol. The maximum atomic E-state index is 11.9. The van der Waals surface area contributed by atoms with Gasteiger partial charge in [0.2, 0.25) is 11.9 Å². The van der Waals surface area contributed by atoms with Gasteiger partial charge in [-0.25, -0.2) is 24.6 Å². The first-order valence-electron chi connectivity index (χ1n) is 13.0. The zero-order valence-electron chi connectivity index (χ0n) is 22.9. The van der Waals surface area contributed by atoms with Crippen molar-refractivity contribution >= 4 is 45.4 Å². The lowest BCUT2D eigenvalue weighted by molar-refractivity contribution is -0.126. The summed E-state index contributed by atoms with van der Waals surface area (Å²) in [4.78, 5) is 33.8. The van der Waals surface area contributed by atoms with E-state index in [1.165, 1.54) is 12.4 Å². The van der Waals surface area contributed by atoms with Gasteiger partial charge in [0, 0.05) is 51.0 Å². The molecule has 0 unspecified atom stereocenters. The van der Waals surface area contributed by atoms with Crippen LogP contribution in [0.15, 0.2) is 55.5 Å². The minimum Gasteiger partial charge on any atom is -0.494 e. The van der Waals surface area contributed by atoms with Gasteiger partial charge in [-0.3, -0.25) is 4.79 Å². The lowest BCUT2D eigenvalue weighted by atomic mass is 10.2. The molecule has 0 radical (unpaired) electrons. The number of methoxy groups -OCH3 is 1. The standard InChI is InChI=1S/C28H28N10O3/c1-5-24(39)37-8-10-38(11-9-37)28-29-15-21-25(33-28)27(31-16-30-21)32-18-6-7-22(17(2)12-18)41-19-13-20-26(23(14-19)40-4)36(3)35-34-20/h5-7,12-16H,1,8-11H2,2-4H3,(H,30,31,32). The van der Waals surface area contributed by atoms with Gasteiger partial charge in [-0.2, -0.15) is 0 Å². The zero-order chi connectivity index (χ0) is 28.5. The Labute approximate surface area is 235 Å². The molecular formula is C28H28N10O3. The summed E-state index contributed by atoms with van der Waals surface area (Å²) in [6, 6.07) is 9.42. The molecule has 6 rings (SSSR count). The van der Waals surface area contributed by atoms with Crippen LogP contribution in [0.25, 0.3) is 22.1 Å². The second kappa shape index (κ2) is 10.7. The van der Waals surface area contributed by atoms with Crippen molar-refractivity contribution in [3.05, 3.63) is 61.1 Å². The maximum Gasteiger partial charge on any atom is 0.246 e. The summed E-state index contributed by atoms with van der Waals surface area (Å²) in [7, 11) is 3.42. The van der Waals surface area contributed by atoms with Gasteiger partial charge in [0.05, 0.1) is 13.3 Å². The normalized spacial score (nSPS) is 13.4. The molecule has 0 bridgehead atoms. The summed E-state index contributed by atoms with van der Waals surface area (Å²) in [5.41, 5.74) is 4.43. The number of carbonyl (C=O) groups excluding carboxylic acids is 1. The number of carbonyl (C=O) groups is 1. The monoisotopic (exact) mass is 552 g/mol. The van der Waals surface area contributed by atoms with E-state index in [2.05, 4.69) is 37.2 Å². The van der Waals surface area contributed by atoms with Crippen molar-refractivity contribution in [2.24, 2.45) is 7.05 Å². The molecule has 41 heavy (non-hydrogen) atoms. The molecule has 208 valence electrons. The third-order valence-electron chi connectivity index (χ3n) is 6.94. The number of anilines is 3. The van der Waals surface area contributed by atoms with E-state index in [-0.39, 0.29) is 5.91 Å². The molecule has 0 saturated carbocycles. The fraction of sp³-hybridized carbons (Fsp3) is 0.250. The smallest absolute Gasteiger partial charge is 0.246 e. The number of amides is 1. The molecule has 0 aliphatic carbocycles. The predicted octanol–water partition coefficient (Wildman–Crippen LogP) is 3.39. The minimum absolute atomic E-state index is 0.0676. The van der Waals surface area contributed by atoms with Gasteiger partial charge in [0.1, 0.15) is 45.6 Å². The topological polar surface area (TPSA) is 136 Å². The largest absolute Gasteiger partial charge is 0.494 e. The highest BCUT2D eigenvalue weighted by molar-refractivity contribution is 5.88. The van der Waals surface area contributed by atoms with Gasteiger partial charge in [-0.05, 0) is 36.8 Å². The first-order valence-corrected chi connectivity index (χ1v) is 13.0. The van der Waals surface area contributed by atoms with E-state index in [1.807, 2.05) is 49.2 Å². The Morgan fingerprint density at radius 3 is 2.63 bits per heavy atom. The highest BCUT2D eigenvalue weighted by atomic mass is 16.5. The Hall–Kier alpha value is -5.33. The molecule has 1 aliphatic heterocycles. The number of nitrogens with one attached hydrogen (secondary N) is 1. The van der Waals surface area contributed by atoms with Gasteiger partial charge in [0.15, 0.2) is 5.82 Å². The van der Waals surface area contributed by atoms with Crippen LogP contribution in [0.4, 0.5) is 17.5 Å². The van der Waals surface area contributed by atoms with Crippen molar-refractivity contribution in [1.29, 1.82) is 0 Å². The number of rotatable bonds is 7. The van der Waals surface area contributed by atoms with E-state index < -0.39 is 0 Å². The lowest BCUT2D eigenvalue weighted by Gasteiger charge is -2.34. The SMILES string of the molecule is C=CC(=O)N1CCN(c2ncc3ncnc(Nc4ccc(Oc5cc(OC)c6c(c5)nnn6C)c(C)c4)c3n2)CC1. The summed E-state index contributed by atoms with van der Waals surface area (Å²) in [5.74, 6) is 2.97. The van der Waals surface area contributed by atoms with Crippen LogP contribution < -0.4 is 19.7 Å². The molecule has 1 amide bonds. The number of aromatic nitrogens is 7. The van der Waals surface area contributed by atoms with E-state index >= 15 is 0 Å². The number of fused-ring (bicyclic) bond motifs is 2. The van der Waals surface area contributed by atoms with Gasteiger partial charge in [0.25, 0.3) is 0 Å². The molecule has 1 fully saturated rings. The molecule has 13 heteroatoms. The third-order valence-corrected chi connectivity index (χ3v) is 6.94. The molecule has 0 spiro atoms. The fourth-order valence-corrected chi connectivity index (χ4v) is 4.79. The van der Waals surface area contributed by atoms with Crippen molar-refractivity contribution in [2.75, 3.05) is 43.5 Å². The van der Waals surface area contributed by atoms with E-state index in [4.69, 9.17) is 14.5 Å². The Kier molecular flexibility index (Phi) is 6.75. The molecule has 0 atom stereocenters. The first-order chi connectivity index (χ1) is 19.9. The van der Waals surface area contributed by atoms with Crippen LogP contribution in [0.3, 0.4) is 0 Å². The van der Waals surface area contributed by atoms with Crippen molar-refractivity contribution in [1.82, 2.24) is 39.8 Å². The first kappa shape index (κ1) is 25.9. The molecule has 3 aromatic heterocycles.